The van der Waals surface area contributed by atoms with Gasteiger partial charge in [0.25, 0.3) is 0 Å². The number of fused-ring (bicyclic) bond motifs is 2. The van der Waals surface area contributed by atoms with Crippen LogP contribution in [0.5, 0.6) is 0 Å². The minimum Gasteiger partial charge on any atom is -0.450 e. The molecule has 2 aliphatic rings. The Morgan fingerprint density at radius 1 is 1.19 bits per heavy atom. The molecule has 0 spiro atoms. The highest BCUT2D eigenvalue weighted by molar-refractivity contribution is 5.67. The Labute approximate surface area is 210 Å². The summed E-state index contributed by atoms with van der Waals surface area (Å²) in [5.41, 5.74) is 5.06. The molecule has 0 aliphatic heterocycles. The van der Waals surface area contributed by atoms with E-state index < -0.39 is 11.7 Å². The molecule has 2 aliphatic carbocycles. The molecule has 1 heterocycles. The molecule has 1 unspecified atom stereocenters. The number of rotatable bonds is 7. The molecule has 36 heavy (non-hydrogen) atoms. The lowest BCUT2D eigenvalue weighted by molar-refractivity contribution is -0.0462. The number of halogens is 1. The molecular weight excluding hydrogens is 457 g/mol. The Morgan fingerprint density at radius 2 is 1.94 bits per heavy atom. The van der Waals surface area contributed by atoms with Crippen molar-refractivity contribution in [1.82, 2.24) is 15.1 Å². The second kappa shape index (κ2) is 9.54. The van der Waals surface area contributed by atoms with Gasteiger partial charge in [-0.25, -0.2) is 13.9 Å². The van der Waals surface area contributed by atoms with Gasteiger partial charge in [-0.15, -0.1) is 0 Å². The van der Waals surface area contributed by atoms with Crippen LogP contribution in [-0.4, -0.2) is 33.2 Å². The van der Waals surface area contributed by atoms with Crippen molar-refractivity contribution in [2.75, 3.05) is 6.61 Å². The number of amides is 1. The van der Waals surface area contributed by atoms with Gasteiger partial charge in [-0.2, -0.15) is 5.10 Å². The van der Waals surface area contributed by atoms with Crippen molar-refractivity contribution in [3.05, 3.63) is 88.5 Å². The third-order valence-corrected chi connectivity index (χ3v) is 7.98. The Bertz CT molecular complexity index is 1300. The van der Waals surface area contributed by atoms with Crippen LogP contribution in [0, 0.1) is 11.2 Å². The van der Waals surface area contributed by atoms with Crippen LogP contribution >= 0.6 is 0 Å². The molecule has 5 rings (SSSR count). The Kier molecular flexibility index (Phi) is 6.43. The number of nitrogens with zero attached hydrogens (tertiary/aromatic N) is 2. The quantitative estimate of drug-likeness (QED) is 0.468. The molecule has 1 saturated carbocycles. The molecule has 2 atom stereocenters. The molecule has 0 saturated heterocycles. The maximum Gasteiger partial charge on any atom is 0.407 e. The van der Waals surface area contributed by atoms with Crippen LogP contribution in [0.1, 0.15) is 55.5 Å². The van der Waals surface area contributed by atoms with Gasteiger partial charge in [-0.05, 0) is 86.1 Å². The van der Waals surface area contributed by atoms with E-state index in [2.05, 4.69) is 29.5 Å². The lowest BCUT2D eigenvalue weighted by Gasteiger charge is -2.42. The molecule has 6 nitrogen and oxygen atoms in total. The van der Waals surface area contributed by atoms with Crippen LogP contribution in [0.2, 0.25) is 0 Å². The van der Waals surface area contributed by atoms with E-state index in [9.17, 15) is 14.3 Å². The van der Waals surface area contributed by atoms with Crippen molar-refractivity contribution in [3.63, 3.8) is 0 Å². The smallest absolute Gasteiger partial charge is 0.407 e. The van der Waals surface area contributed by atoms with E-state index in [0.717, 1.165) is 34.5 Å². The largest absolute Gasteiger partial charge is 0.450 e. The van der Waals surface area contributed by atoms with Crippen molar-refractivity contribution in [2.45, 2.75) is 58.1 Å². The number of alkyl carbamates (subject to hydrolysis) is 1. The standard InChI is InChI=1S/C29H32FN3O3/c1-3-36-27(34)31-18-21-7-5-4-6-20(21)12-14-29(35)15-13-23-16-26-22(17-28(23,29)2)19-32-33(26)25-10-8-24(30)9-11-25/h4-11,16,19,35H,3,12-15,17-18H2,1-2H3,(H,31,34)/t28?,29-/m0/s1. The van der Waals surface area contributed by atoms with E-state index in [4.69, 9.17) is 4.74 Å². The second-order valence-electron chi connectivity index (χ2n) is 10.00. The number of nitrogens with one attached hydrogen (secondary N) is 1. The number of carbonyl (C=O) groups is 1. The van der Waals surface area contributed by atoms with Crippen LogP contribution in [0.4, 0.5) is 9.18 Å². The first kappa shape index (κ1) is 24.3. The van der Waals surface area contributed by atoms with Crippen LogP contribution in [0.25, 0.3) is 11.8 Å². The zero-order chi connectivity index (χ0) is 25.3. The Morgan fingerprint density at radius 3 is 2.69 bits per heavy atom. The monoisotopic (exact) mass is 489 g/mol. The molecule has 1 aromatic heterocycles. The first-order chi connectivity index (χ1) is 17.3. The van der Waals surface area contributed by atoms with Gasteiger partial charge < -0.3 is 15.2 Å². The molecule has 2 N–H and O–H groups in total. The molecular formula is C29H32FN3O3. The minimum atomic E-state index is -0.851. The highest BCUT2D eigenvalue weighted by Gasteiger charge is 2.54. The summed E-state index contributed by atoms with van der Waals surface area (Å²) in [6.07, 6.45) is 7.18. The number of hydrogen-bond donors (Lipinski definition) is 2. The highest BCUT2D eigenvalue weighted by atomic mass is 19.1. The average Bonchev–Trinajstić information content (AvgIpc) is 3.38. The Hall–Kier alpha value is -3.45. The maximum absolute atomic E-state index is 13.4. The van der Waals surface area contributed by atoms with Gasteiger partial charge in [-0.3, -0.25) is 0 Å². The van der Waals surface area contributed by atoms with Crippen LogP contribution < -0.4 is 5.32 Å². The third-order valence-electron chi connectivity index (χ3n) is 7.98. The number of hydrogen-bond acceptors (Lipinski definition) is 4. The summed E-state index contributed by atoms with van der Waals surface area (Å²) in [6.45, 7) is 4.67. The van der Waals surface area contributed by atoms with Crippen LogP contribution in [0.15, 0.2) is 60.3 Å². The van der Waals surface area contributed by atoms with E-state index in [-0.39, 0.29) is 11.2 Å². The molecule has 3 aromatic rings. The van der Waals surface area contributed by atoms with E-state index in [1.165, 1.54) is 17.7 Å². The predicted molar refractivity (Wildman–Crippen MR) is 136 cm³/mol. The number of ether oxygens (including phenoxy) is 1. The number of aryl methyl sites for hydroxylation is 1. The van der Waals surface area contributed by atoms with Crippen molar-refractivity contribution < 1.29 is 19.0 Å². The molecule has 0 bridgehead atoms. The van der Waals surface area contributed by atoms with Gasteiger partial charge in [-0.1, -0.05) is 36.8 Å². The molecule has 188 valence electrons. The van der Waals surface area contributed by atoms with Crippen molar-refractivity contribution in [1.29, 1.82) is 0 Å². The van der Waals surface area contributed by atoms with Gasteiger partial charge in [0.2, 0.25) is 0 Å². The first-order valence-electron chi connectivity index (χ1n) is 12.6. The van der Waals surface area contributed by atoms with Crippen molar-refractivity contribution in [3.8, 4) is 5.69 Å². The van der Waals surface area contributed by atoms with Gasteiger partial charge in [0.05, 0.1) is 29.8 Å². The third kappa shape index (κ3) is 4.32. The Balaban J connectivity index is 1.34. The van der Waals surface area contributed by atoms with E-state index in [1.807, 2.05) is 29.1 Å². The van der Waals surface area contributed by atoms with E-state index >= 15 is 0 Å². The first-order valence-corrected chi connectivity index (χ1v) is 12.6. The number of aliphatic hydroxyl groups is 1. The summed E-state index contributed by atoms with van der Waals surface area (Å²) in [5, 5.41) is 19.3. The lowest BCUT2D eigenvalue weighted by Crippen LogP contribution is -2.45. The summed E-state index contributed by atoms with van der Waals surface area (Å²) in [5.74, 6) is -0.273. The normalized spacial score (nSPS) is 22.5. The van der Waals surface area contributed by atoms with Gasteiger partial charge >= 0.3 is 6.09 Å². The van der Waals surface area contributed by atoms with Gasteiger partial charge in [0, 0.05) is 12.0 Å². The molecule has 0 radical (unpaired) electrons. The molecule has 2 aromatic carbocycles. The molecule has 1 fully saturated rings. The van der Waals surface area contributed by atoms with Gasteiger partial charge in [0.1, 0.15) is 5.82 Å². The maximum atomic E-state index is 13.4. The zero-order valence-electron chi connectivity index (χ0n) is 20.8. The number of benzene rings is 2. The summed E-state index contributed by atoms with van der Waals surface area (Å²) < 4.78 is 20.2. The topological polar surface area (TPSA) is 76.4 Å². The highest BCUT2D eigenvalue weighted by Crippen LogP contribution is 2.56. The SMILES string of the molecule is CCOC(=O)NCc1ccccc1CC[C@]1(O)CCC2=Cc3c(cnn3-c3ccc(F)cc3)CC21C. The lowest BCUT2D eigenvalue weighted by atomic mass is 9.65. The second-order valence-corrected chi connectivity index (χ2v) is 10.00. The van der Waals surface area contributed by atoms with Gasteiger partial charge in [0.15, 0.2) is 0 Å². The van der Waals surface area contributed by atoms with Crippen molar-refractivity contribution >= 4 is 12.2 Å². The van der Waals surface area contributed by atoms with E-state index in [1.54, 1.807) is 19.1 Å². The minimum absolute atomic E-state index is 0.273. The fourth-order valence-electron chi connectivity index (χ4n) is 5.78. The fraction of sp³-hybridized carbons (Fsp3) is 0.379. The summed E-state index contributed by atoms with van der Waals surface area (Å²) in [4.78, 5) is 11.8. The summed E-state index contributed by atoms with van der Waals surface area (Å²) >= 11 is 0. The fourth-order valence-corrected chi connectivity index (χ4v) is 5.78. The zero-order valence-corrected chi connectivity index (χ0v) is 20.8. The molecule has 7 heteroatoms. The van der Waals surface area contributed by atoms with Crippen LogP contribution in [-0.2, 0) is 24.1 Å². The number of aromatic nitrogens is 2. The predicted octanol–water partition coefficient (Wildman–Crippen LogP) is 5.36. The van der Waals surface area contributed by atoms with Crippen molar-refractivity contribution in [2.24, 2.45) is 5.41 Å². The van der Waals surface area contributed by atoms with E-state index in [0.29, 0.717) is 38.8 Å². The summed E-state index contributed by atoms with van der Waals surface area (Å²) in [6, 6.07) is 14.4. The summed E-state index contributed by atoms with van der Waals surface area (Å²) in [7, 11) is 0. The average molecular weight is 490 g/mol. The van der Waals surface area contributed by atoms with Crippen LogP contribution in [0.3, 0.4) is 0 Å². The number of carbonyl (C=O) groups excluding carboxylic acids is 1. The molecule has 1 amide bonds.